The van der Waals surface area contributed by atoms with Gasteiger partial charge in [-0.2, -0.15) is 17.7 Å². The SMILES string of the molecule is CN(C)S(=O)(=O)Oc1ccc(-c2noc(C3CCC3)n2)cc1. The molecule has 1 fully saturated rings. The first-order chi connectivity index (χ1) is 10.5. The molecule has 1 aliphatic rings. The molecule has 7 nitrogen and oxygen atoms in total. The highest BCUT2D eigenvalue weighted by atomic mass is 32.2. The number of nitrogens with zero attached hydrogens (tertiary/aromatic N) is 3. The summed E-state index contributed by atoms with van der Waals surface area (Å²) >= 11 is 0. The summed E-state index contributed by atoms with van der Waals surface area (Å²) in [4.78, 5) is 4.39. The van der Waals surface area contributed by atoms with Crippen LogP contribution in [0.1, 0.15) is 31.1 Å². The third kappa shape index (κ3) is 2.97. The van der Waals surface area contributed by atoms with Crippen molar-refractivity contribution in [3.8, 4) is 17.1 Å². The van der Waals surface area contributed by atoms with Gasteiger partial charge in [0.25, 0.3) is 0 Å². The van der Waals surface area contributed by atoms with Gasteiger partial charge >= 0.3 is 10.3 Å². The van der Waals surface area contributed by atoms with Crippen LogP contribution >= 0.6 is 0 Å². The van der Waals surface area contributed by atoms with E-state index < -0.39 is 10.3 Å². The zero-order chi connectivity index (χ0) is 15.7. The van der Waals surface area contributed by atoms with Gasteiger partial charge in [-0.1, -0.05) is 11.6 Å². The van der Waals surface area contributed by atoms with Gasteiger partial charge in [0.15, 0.2) is 0 Å². The first kappa shape index (κ1) is 15.0. The maximum absolute atomic E-state index is 11.6. The van der Waals surface area contributed by atoms with E-state index in [4.69, 9.17) is 8.71 Å². The van der Waals surface area contributed by atoms with E-state index in [-0.39, 0.29) is 5.75 Å². The van der Waals surface area contributed by atoms with Gasteiger partial charge in [0.1, 0.15) is 5.75 Å². The van der Waals surface area contributed by atoms with Gasteiger partial charge in [-0.05, 0) is 37.1 Å². The van der Waals surface area contributed by atoms with Crippen LogP contribution in [0.15, 0.2) is 28.8 Å². The monoisotopic (exact) mass is 323 g/mol. The minimum Gasteiger partial charge on any atom is -0.371 e. The first-order valence-corrected chi connectivity index (χ1v) is 8.38. The predicted octanol–water partition coefficient (Wildman–Crippen LogP) is 2.19. The molecule has 2 aromatic rings. The third-order valence-corrected chi connectivity index (χ3v) is 4.95. The van der Waals surface area contributed by atoms with Crippen molar-refractivity contribution in [2.45, 2.75) is 25.2 Å². The molecule has 0 amide bonds. The van der Waals surface area contributed by atoms with Crippen LogP contribution in [-0.4, -0.2) is 37.0 Å². The van der Waals surface area contributed by atoms with E-state index in [1.807, 2.05) is 0 Å². The first-order valence-electron chi connectivity index (χ1n) is 7.02. The van der Waals surface area contributed by atoms with Gasteiger partial charge in [0.05, 0.1) is 0 Å². The van der Waals surface area contributed by atoms with Crippen LogP contribution in [0.5, 0.6) is 5.75 Å². The van der Waals surface area contributed by atoms with E-state index in [9.17, 15) is 8.42 Å². The zero-order valence-corrected chi connectivity index (χ0v) is 13.2. The molecule has 0 radical (unpaired) electrons. The molecule has 1 aromatic heterocycles. The molecular weight excluding hydrogens is 306 g/mol. The Bertz CT molecular complexity index is 749. The maximum atomic E-state index is 11.6. The van der Waals surface area contributed by atoms with Crippen LogP contribution in [0.2, 0.25) is 0 Å². The second-order valence-electron chi connectivity index (χ2n) is 5.43. The Hall–Kier alpha value is -1.93. The Morgan fingerprint density at radius 1 is 1.23 bits per heavy atom. The highest BCUT2D eigenvalue weighted by molar-refractivity contribution is 7.84. The molecule has 118 valence electrons. The number of benzene rings is 1. The summed E-state index contributed by atoms with van der Waals surface area (Å²) in [6.07, 6.45) is 3.39. The molecule has 0 bridgehead atoms. The molecule has 3 rings (SSSR count). The van der Waals surface area contributed by atoms with E-state index in [1.54, 1.807) is 24.3 Å². The molecule has 1 aromatic carbocycles. The minimum absolute atomic E-state index is 0.236. The smallest absolute Gasteiger partial charge is 0.371 e. The van der Waals surface area contributed by atoms with E-state index in [2.05, 4.69) is 10.1 Å². The Kier molecular flexibility index (Phi) is 3.88. The normalized spacial score (nSPS) is 15.8. The van der Waals surface area contributed by atoms with Crippen molar-refractivity contribution < 1.29 is 17.1 Å². The average molecular weight is 323 g/mol. The fourth-order valence-corrected chi connectivity index (χ4v) is 2.53. The number of aromatic nitrogens is 2. The van der Waals surface area contributed by atoms with Crippen LogP contribution in [-0.2, 0) is 10.3 Å². The molecule has 0 atom stereocenters. The molecule has 22 heavy (non-hydrogen) atoms. The summed E-state index contributed by atoms with van der Waals surface area (Å²) in [5, 5.41) is 3.97. The van der Waals surface area contributed by atoms with Gasteiger partial charge in [-0.25, -0.2) is 0 Å². The largest absolute Gasteiger partial charge is 0.384 e. The highest BCUT2D eigenvalue weighted by Gasteiger charge is 2.25. The average Bonchev–Trinajstić information content (AvgIpc) is 2.86. The van der Waals surface area contributed by atoms with Gasteiger partial charge in [0, 0.05) is 25.6 Å². The van der Waals surface area contributed by atoms with Crippen molar-refractivity contribution in [2.24, 2.45) is 0 Å². The molecule has 0 unspecified atom stereocenters. The summed E-state index contributed by atoms with van der Waals surface area (Å²) < 4.78 is 34.5. The Labute approximate surface area is 129 Å². The van der Waals surface area contributed by atoms with Crippen LogP contribution < -0.4 is 4.18 Å². The summed E-state index contributed by atoms with van der Waals surface area (Å²) in [6, 6.07) is 6.54. The van der Waals surface area contributed by atoms with Crippen molar-refractivity contribution in [2.75, 3.05) is 14.1 Å². The van der Waals surface area contributed by atoms with Crippen LogP contribution in [0.25, 0.3) is 11.4 Å². The van der Waals surface area contributed by atoms with E-state index in [0.29, 0.717) is 17.6 Å². The maximum Gasteiger partial charge on any atom is 0.384 e. The van der Waals surface area contributed by atoms with Gasteiger partial charge in [-0.3, -0.25) is 0 Å². The minimum atomic E-state index is -3.75. The summed E-state index contributed by atoms with van der Waals surface area (Å²) in [7, 11) is -0.933. The molecule has 0 spiro atoms. The topological polar surface area (TPSA) is 85.5 Å². The van der Waals surface area contributed by atoms with E-state index in [0.717, 1.165) is 22.7 Å². The lowest BCUT2D eigenvalue weighted by molar-refractivity contribution is 0.292. The van der Waals surface area contributed by atoms with Gasteiger partial charge < -0.3 is 8.71 Å². The van der Waals surface area contributed by atoms with Crippen LogP contribution in [0, 0.1) is 0 Å². The Morgan fingerprint density at radius 2 is 1.91 bits per heavy atom. The summed E-state index contributed by atoms with van der Waals surface area (Å²) in [5.74, 6) is 1.80. The zero-order valence-electron chi connectivity index (χ0n) is 12.4. The third-order valence-electron chi connectivity index (χ3n) is 3.66. The van der Waals surface area contributed by atoms with Crippen LogP contribution in [0.3, 0.4) is 0 Å². The van der Waals surface area contributed by atoms with Crippen molar-refractivity contribution in [1.82, 2.24) is 14.4 Å². The molecule has 1 saturated carbocycles. The standard InChI is InChI=1S/C14H17N3O4S/c1-17(2)22(18,19)21-12-8-6-10(7-9-12)13-15-14(20-16-13)11-4-3-5-11/h6-9,11H,3-5H2,1-2H3. The quantitative estimate of drug-likeness (QED) is 0.838. The molecule has 0 N–H and O–H groups in total. The van der Waals surface area contributed by atoms with E-state index >= 15 is 0 Å². The van der Waals surface area contributed by atoms with Crippen molar-refractivity contribution in [3.05, 3.63) is 30.2 Å². The predicted molar refractivity (Wildman–Crippen MR) is 79.6 cm³/mol. The molecule has 8 heteroatoms. The molecule has 1 aliphatic carbocycles. The lowest BCUT2D eigenvalue weighted by atomic mass is 9.85. The molecule has 0 saturated heterocycles. The van der Waals surface area contributed by atoms with Gasteiger partial charge in [-0.15, -0.1) is 0 Å². The number of rotatable bonds is 5. The van der Waals surface area contributed by atoms with E-state index in [1.165, 1.54) is 20.5 Å². The lowest BCUT2D eigenvalue weighted by Gasteiger charge is -2.20. The Balaban J connectivity index is 1.75. The number of hydrogen-bond acceptors (Lipinski definition) is 6. The summed E-state index contributed by atoms with van der Waals surface area (Å²) in [6.45, 7) is 0. The summed E-state index contributed by atoms with van der Waals surface area (Å²) in [5.41, 5.74) is 0.754. The molecular formula is C14H17N3O4S. The van der Waals surface area contributed by atoms with Gasteiger partial charge in [0.2, 0.25) is 11.7 Å². The van der Waals surface area contributed by atoms with Crippen LogP contribution in [0.4, 0.5) is 0 Å². The van der Waals surface area contributed by atoms with Crippen molar-refractivity contribution in [1.29, 1.82) is 0 Å². The fourth-order valence-electron chi connectivity index (χ4n) is 2.03. The highest BCUT2D eigenvalue weighted by Crippen LogP contribution is 2.36. The lowest BCUT2D eigenvalue weighted by Crippen LogP contribution is -2.26. The van der Waals surface area contributed by atoms with Crippen molar-refractivity contribution >= 4 is 10.3 Å². The molecule has 1 heterocycles. The second-order valence-corrected chi connectivity index (χ2v) is 7.18. The second kappa shape index (κ2) is 5.69. The fraction of sp³-hybridized carbons (Fsp3) is 0.429. The molecule has 0 aliphatic heterocycles. The number of hydrogen-bond donors (Lipinski definition) is 0. The van der Waals surface area contributed by atoms with Crippen molar-refractivity contribution in [3.63, 3.8) is 0 Å². The Morgan fingerprint density at radius 3 is 2.45 bits per heavy atom.